The number of halogens is 1. The first-order valence-electron chi connectivity index (χ1n) is 5.05. The molecule has 0 radical (unpaired) electrons. The maximum Gasteiger partial charge on any atom is 0.193 e. The van der Waals surface area contributed by atoms with Gasteiger partial charge in [0, 0.05) is 0 Å². The summed E-state index contributed by atoms with van der Waals surface area (Å²) in [6.45, 7) is 1.92. The number of rotatable bonds is 3. The molecule has 3 nitrogen and oxygen atoms in total. The average molecular weight is 294 g/mol. The predicted molar refractivity (Wildman–Crippen MR) is 75.7 cm³/mol. The zero-order valence-electron chi connectivity index (χ0n) is 9.42. The van der Waals surface area contributed by atoms with E-state index in [-0.39, 0.29) is 5.15 Å². The highest BCUT2D eigenvalue weighted by molar-refractivity contribution is 8.02. The van der Waals surface area contributed by atoms with Crippen molar-refractivity contribution in [2.75, 3.05) is 0 Å². The summed E-state index contributed by atoms with van der Waals surface area (Å²) in [7, 11) is 0. The van der Waals surface area contributed by atoms with Gasteiger partial charge in [-0.3, -0.25) is 0 Å². The van der Waals surface area contributed by atoms with Crippen LogP contribution in [0.25, 0.3) is 10.6 Å². The number of nitrogens with zero attached hydrogens (tertiary/aromatic N) is 3. The van der Waals surface area contributed by atoms with Crippen LogP contribution in [-0.2, 0) is 0 Å². The zero-order valence-corrected chi connectivity index (χ0v) is 11.8. The Kier molecular flexibility index (Phi) is 4.37. The van der Waals surface area contributed by atoms with Gasteiger partial charge in [0.05, 0.1) is 4.88 Å². The molecule has 2 rings (SSSR count). The Hall–Kier alpha value is -1.35. The summed E-state index contributed by atoms with van der Waals surface area (Å²) in [4.78, 5) is 9.40. The molecule has 90 valence electrons. The second kappa shape index (κ2) is 6.01. The molecule has 0 fully saturated rings. The van der Waals surface area contributed by atoms with Crippen LogP contribution in [-0.4, -0.2) is 9.97 Å². The van der Waals surface area contributed by atoms with Crippen LogP contribution in [0, 0.1) is 11.3 Å². The molecule has 6 heteroatoms. The Balaban J connectivity index is 2.55. The van der Waals surface area contributed by atoms with Gasteiger partial charge in [0.1, 0.15) is 17.3 Å². The van der Waals surface area contributed by atoms with Crippen LogP contribution < -0.4 is 0 Å². The summed E-state index contributed by atoms with van der Waals surface area (Å²) in [6, 6.07) is 5.88. The molecule has 2 heterocycles. The molecule has 0 bridgehead atoms. The molecule has 18 heavy (non-hydrogen) atoms. The van der Waals surface area contributed by atoms with Gasteiger partial charge in [-0.05, 0) is 23.8 Å². The number of nitriles is 1. The van der Waals surface area contributed by atoms with E-state index in [2.05, 4.69) is 16.0 Å². The molecular formula is C12H8ClN3S2. The van der Waals surface area contributed by atoms with Crippen molar-refractivity contribution in [2.45, 2.75) is 12.1 Å². The van der Waals surface area contributed by atoms with Crippen molar-refractivity contribution in [1.82, 2.24) is 9.97 Å². The van der Waals surface area contributed by atoms with Gasteiger partial charge in [0.25, 0.3) is 0 Å². The molecule has 0 aliphatic rings. The van der Waals surface area contributed by atoms with Crippen molar-refractivity contribution >= 4 is 34.7 Å². The minimum atomic E-state index is 0.197. The normalized spacial score (nSPS) is 10.7. The van der Waals surface area contributed by atoms with E-state index in [9.17, 15) is 0 Å². The summed E-state index contributed by atoms with van der Waals surface area (Å²) in [5, 5.41) is 13.7. The third-order valence-electron chi connectivity index (χ3n) is 2.02. The first-order chi connectivity index (χ1) is 8.76. The lowest BCUT2D eigenvalue weighted by atomic mass is 10.2. The molecule has 0 saturated heterocycles. The molecule has 0 aliphatic carbocycles. The van der Waals surface area contributed by atoms with E-state index >= 15 is 0 Å². The largest absolute Gasteiger partial charge is 0.220 e. The van der Waals surface area contributed by atoms with Gasteiger partial charge in [-0.15, -0.1) is 11.3 Å². The van der Waals surface area contributed by atoms with Gasteiger partial charge in [0.15, 0.2) is 10.3 Å². The average Bonchev–Trinajstić information content (AvgIpc) is 2.89. The number of hydrogen-bond acceptors (Lipinski definition) is 5. The lowest BCUT2D eigenvalue weighted by Crippen LogP contribution is -1.95. The fraction of sp³-hybridized carbons (Fsp3) is 0.0833. The van der Waals surface area contributed by atoms with Gasteiger partial charge in [-0.1, -0.05) is 35.5 Å². The van der Waals surface area contributed by atoms with E-state index in [1.54, 1.807) is 0 Å². The van der Waals surface area contributed by atoms with Crippen molar-refractivity contribution in [3.05, 3.63) is 39.7 Å². The van der Waals surface area contributed by atoms with Gasteiger partial charge >= 0.3 is 0 Å². The summed E-state index contributed by atoms with van der Waals surface area (Å²) in [6.07, 6.45) is 1.89. The minimum absolute atomic E-state index is 0.197. The van der Waals surface area contributed by atoms with Gasteiger partial charge in [-0.25, -0.2) is 9.97 Å². The van der Waals surface area contributed by atoms with Crippen molar-refractivity contribution in [3.8, 4) is 16.6 Å². The van der Waals surface area contributed by atoms with E-state index in [4.69, 9.17) is 16.9 Å². The van der Waals surface area contributed by atoms with Crippen molar-refractivity contribution in [3.63, 3.8) is 0 Å². The predicted octanol–water partition coefficient (Wildman–Crippen LogP) is 4.36. The van der Waals surface area contributed by atoms with E-state index in [1.807, 2.05) is 35.9 Å². The fourth-order valence-electron chi connectivity index (χ4n) is 1.29. The molecule has 0 N–H and O–H groups in total. The lowest BCUT2D eigenvalue weighted by Gasteiger charge is -2.04. The Morgan fingerprint density at radius 2 is 2.33 bits per heavy atom. The topological polar surface area (TPSA) is 49.6 Å². The first-order valence-corrected chi connectivity index (χ1v) is 7.19. The zero-order chi connectivity index (χ0) is 13.0. The third-order valence-corrected chi connectivity index (χ3v) is 3.97. The van der Waals surface area contributed by atoms with Gasteiger partial charge in [-0.2, -0.15) is 5.26 Å². The van der Waals surface area contributed by atoms with E-state index in [1.165, 1.54) is 23.1 Å². The van der Waals surface area contributed by atoms with Gasteiger partial charge in [0.2, 0.25) is 0 Å². The fourth-order valence-corrected chi connectivity index (χ4v) is 2.81. The van der Waals surface area contributed by atoms with Crippen LogP contribution in [0.3, 0.4) is 0 Å². The van der Waals surface area contributed by atoms with E-state index in [0.29, 0.717) is 16.4 Å². The summed E-state index contributed by atoms with van der Waals surface area (Å²) >= 11 is 8.92. The van der Waals surface area contributed by atoms with Crippen LogP contribution >= 0.6 is 34.7 Å². The second-order valence-corrected chi connectivity index (χ2v) is 5.38. The highest BCUT2D eigenvalue weighted by Gasteiger charge is 2.15. The molecule has 0 aliphatic heterocycles. The highest BCUT2D eigenvalue weighted by atomic mass is 35.5. The first kappa shape index (κ1) is 13.1. The number of thioether (sulfide) groups is 1. The standard InChI is InChI=1S/C12H8ClN3S2/c1-2-5-18-12-15-10(9-4-3-6-17-9)8(7-14)11(13)16-12/h2-6H,1H3/b5-2+. The molecule has 0 unspecified atom stereocenters. The third kappa shape index (κ3) is 2.72. The highest BCUT2D eigenvalue weighted by Crippen LogP contribution is 2.31. The number of aromatic nitrogens is 2. The summed E-state index contributed by atoms with van der Waals surface area (Å²) < 4.78 is 0. The van der Waals surface area contributed by atoms with Gasteiger partial charge < -0.3 is 0 Å². The maximum atomic E-state index is 9.13. The summed E-state index contributed by atoms with van der Waals surface area (Å²) in [5.74, 6) is 0. The van der Waals surface area contributed by atoms with Crippen molar-refractivity contribution < 1.29 is 0 Å². The van der Waals surface area contributed by atoms with E-state index < -0.39 is 0 Å². The van der Waals surface area contributed by atoms with Crippen LogP contribution in [0.4, 0.5) is 0 Å². The number of allylic oxidation sites excluding steroid dienone is 1. The Labute approximate surface area is 118 Å². The molecule has 0 atom stereocenters. The smallest absolute Gasteiger partial charge is 0.193 e. The lowest BCUT2D eigenvalue weighted by molar-refractivity contribution is 0.973. The van der Waals surface area contributed by atoms with Crippen LogP contribution in [0.2, 0.25) is 5.15 Å². The van der Waals surface area contributed by atoms with Crippen molar-refractivity contribution in [1.29, 1.82) is 5.26 Å². The minimum Gasteiger partial charge on any atom is -0.220 e. The monoisotopic (exact) mass is 293 g/mol. The molecule has 2 aromatic rings. The molecule has 0 aromatic carbocycles. The Morgan fingerprint density at radius 3 is 2.94 bits per heavy atom. The second-order valence-electron chi connectivity index (χ2n) is 3.20. The Bertz CT molecular complexity index is 615. The van der Waals surface area contributed by atoms with E-state index in [0.717, 1.165) is 4.88 Å². The Morgan fingerprint density at radius 1 is 1.50 bits per heavy atom. The number of hydrogen-bond donors (Lipinski definition) is 0. The van der Waals surface area contributed by atoms with Crippen LogP contribution in [0.5, 0.6) is 0 Å². The van der Waals surface area contributed by atoms with Crippen molar-refractivity contribution in [2.24, 2.45) is 0 Å². The van der Waals surface area contributed by atoms with Crippen LogP contribution in [0.1, 0.15) is 12.5 Å². The SMILES string of the molecule is C/C=C/Sc1nc(Cl)c(C#N)c(-c2cccs2)n1. The number of thiophene rings is 1. The molecule has 0 spiro atoms. The molecule has 0 amide bonds. The quantitative estimate of drug-likeness (QED) is 0.479. The summed E-state index contributed by atoms with van der Waals surface area (Å²) in [5.41, 5.74) is 0.920. The molecular weight excluding hydrogens is 286 g/mol. The molecule has 2 aromatic heterocycles. The molecule has 0 saturated carbocycles. The van der Waals surface area contributed by atoms with Crippen LogP contribution in [0.15, 0.2) is 34.2 Å². The maximum absolute atomic E-state index is 9.13.